The maximum Gasteiger partial charge on any atom is 0.307 e. The molecule has 0 bridgehead atoms. The minimum absolute atomic E-state index is 0.0274. The normalized spacial score (nSPS) is 18.7. The first-order chi connectivity index (χ1) is 16.2. The van der Waals surface area contributed by atoms with Crippen LogP contribution in [0.15, 0.2) is 48.5 Å². The fraction of sp³-hybridized carbons (Fsp3) is 0.464. The van der Waals surface area contributed by atoms with Crippen molar-refractivity contribution in [2.24, 2.45) is 0 Å². The first kappa shape index (κ1) is 26.1. The number of aliphatic hydroxyl groups is 1. The highest BCUT2D eigenvalue weighted by atomic mass is 19.1. The SMILES string of the molecule is C/C(=C\CC(=O)O)c1ccccc1[C@@H](C)OC[C@@H](O)CN1CCC[C@H]1Cc1ccc(C)c(F)c1. The number of carboxylic acids is 1. The molecule has 1 saturated heterocycles. The van der Waals surface area contributed by atoms with Crippen LogP contribution in [0.1, 0.15) is 61.5 Å². The monoisotopic (exact) mass is 469 g/mol. The quantitative estimate of drug-likeness (QED) is 0.476. The Bertz CT molecular complexity index is 1010. The van der Waals surface area contributed by atoms with Crippen LogP contribution < -0.4 is 0 Å². The molecular formula is C28H36FNO4. The number of aliphatic carboxylic acids is 1. The van der Waals surface area contributed by atoms with Crippen molar-refractivity contribution in [2.45, 2.75) is 64.7 Å². The van der Waals surface area contributed by atoms with Crippen molar-refractivity contribution in [3.05, 3.63) is 76.6 Å². The van der Waals surface area contributed by atoms with Gasteiger partial charge in [0.05, 0.1) is 25.2 Å². The summed E-state index contributed by atoms with van der Waals surface area (Å²) in [5, 5.41) is 19.6. The average Bonchev–Trinajstić information content (AvgIpc) is 3.24. The molecule has 3 atom stereocenters. The number of aliphatic hydroxyl groups excluding tert-OH is 1. The maximum absolute atomic E-state index is 13.9. The lowest BCUT2D eigenvalue weighted by molar-refractivity contribution is -0.136. The minimum atomic E-state index is -0.864. The van der Waals surface area contributed by atoms with E-state index in [0.717, 1.165) is 48.1 Å². The van der Waals surface area contributed by atoms with E-state index in [1.165, 1.54) is 0 Å². The molecular weight excluding hydrogens is 433 g/mol. The van der Waals surface area contributed by atoms with E-state index in [-0.39, 0.29) is 31.0 Å². The first-order valence-electron chi connectivity index (χ1n) is 12.0. The van der Waals surface area contributed by atoms with Gasteiger partial charge in [-0.2, -0.15) is 0 Å². The van der Waals surface area contributed by atoms with Gasteiger partial charge in [-0.25, -0.2) is 4.39 Å². The van der Waals surface area contributed by atoms with E-state index in [1.54, 1.807) is 19.1 Å². The van der Waals surface area contributed by atoms with Crippen LogP contribution in [0.2, 0.25) is 0 Å². The molecule has 0 aromatic heterocycles. The van der Waals surface area contributed by atoms with Gasteiger partial charge >= 0.3 is 5.97 Å². The van der Waals surface area contributed by atoms with E-state index in [4.69, 9.17) is 9.84 Å². The largest absolute Gasteiger partial charge is 0.481 e. The summed E-state index contributed by atoms with van der Waals surface area (Å²) in [6.45, 7) is 7.25. The molecule has 6 heteroatoms. The van der Waals surface area contributed by atoms with Gasteiger partial charge in [-0.1, -0.05) is 42.5 Å². The number of halogens is 1. The molecule has 5 nitrogen and oxygen atoms in total. The van der Waals surface area contributed by atoms with Gasteiger partial charge in [0.1, 0.15) is 5.82 Å². The molecule has 2 N–H and O–H groups in total. The number of carbonyl (C=O) groups is 1. The topological polar surface area (TPSA) is 70.0 Å². The zero-order chi connectivity index (χ0) is 24.7. The van der Waals surface area contributed by atoms with E-state index in [0.29, 0.717) is 12.1 Å². The van der Waals surface area contributed by atoms with Crippen LogP contribution in [0.4, 0.5) is 4.39 Å². The first-order valence-corrected chi connectivity index (χ1v) is 12.0. The molecule has 2 aromatic carbocycles. The van der Waals surface area contributed by atoms with Gasteiger partial charge in [0.2, 0.25) is 0 Å². The average molecular weight is 470 g/mol. The Morgan fingerprint density at radius 1 is 1.29 bits per heavy atom. The second-order valence-corrected chi connectivity index (χ2v) is 9.28. The zero-order valence-electron chi connectivity index (χ0n) is 20.3. The van der Waals surface area contributed by atoms with Crippen LogP contribution in [0, 0.1) is 12.7 Å². The lowest BCUT2D eigenvalue weighted by Crippen LogP contribution is -2.39. The number of hydrogen-bond donors (Lipinski definition) is 2. The number of ether oxygens (including phenoxy) is 1. The molecule has 0 spiro atoms. The second kappa shape index (κ2) is 12.2. The molecule has 1 fully saturated rings. The predicted molar refractivity (Wildman–Crippen MR) is 132 cm³/mol. The van der Waals surface area contributed by atoms with E-state index in [9.17, 15) is 14.3 Å². The van der Waals surface area contributed by atoms with Crippen LogP contribution in [0.3, 0.4) is 0 Å². The molecule has 34 heavy (non-hydrogen) atoms. The molecule has 0 amide bonds. The number of likely N-dealkylation sites (tertiary alicyclic amines) is 1. The molecule has 0 unspecified atom stereocenters. The standard InChI is InChI=1S/C28H36FNO4/c1-19(11-13-28(32)33)25-8-4-5-9-26(25)21(3)34-18-24(31)17-30-14-6-7-23(30)15-22-12-10-20(2)27(29)16-22/h4-5,8-12,16,21,23-24,31H,6-7,13-15,17-18H2,1-3H3,(H,32,33)/b19-11+/t21-,23+,24+/m1/s1. The Kier molecular flexibility index (Phi) is 9.39. The van der Waals surface area contributed by atoms with Crippen molar-refractivity contribution in [3.63, 3.8) is 0 Å². The summed E-state index contributed by atoms with van der Waals surface area (Å²) in [6, 6.07) is 13.5. The van der Waals surface area contributed by atoms with Crippen molar-refractivity contribution in [1.29, 1.82) is 0 Å². The molecule has 1 aliphatic rings. The van der Waals surface area contributed by atoms with E-state index in [1.807, 2.05) is 50.2 Å². The Hall–Kier alpha value is -2.54. The van der Waals surface area contributed by atoms with Crippen LogP contribution in [0.25, 0.3) is 5.57 Å². The van der Waals surface area contributed by atoms with Crippen molar-refractivity contribution >= 4 is 11.5 Å². The van der Waals surface area contributed by atoms with Gasteiger partial charge in [-0.05, 0) is 80.5 Å². The maximum atomic E-state index is 13.9. The Labute approximate surface area is 201 Å². The molecule has 3 rings (SSSR count). The van der Waals surface area contributed by atoms with Crippen LogP contribution in [0.5, 0.6) is 0 Å². The molecule has 0 saturated carbocycles. The summed E-state index contributed by atoms with van der Waals surface area (Å²) in [6.07, 6.45) is 3.68. The predicted octanol–water partition coefficient (Wildman–Crippen LogP) is 5.16. The molecule has 0 aliphatic carbocycles. The summed E-state index contributed by atoms with van der Waals surface area (Å²) in [5.41, 5.74) is 4.46. The molecule has 1 heterocycles. The lowest BCUT2D eigenvalue weighted by atomic mass is 9.97. The van der Waals surface area contributed by atoms with Gasteiger partial charge in [-0.15, -0.1) is 0 Å². The molecule has 1 aliphatic heterocycles. The van der Waals surface area contributed by atoms with Crippen molar-refractivity contribution < 1.29 is 24.1 Å². The Balaban J connectivity index is 1.55. The van der Waals surface area contributed by atoms with E-state index in [2.05, 4.69) is 4.90 Å². The van der Waals surface area contributed by atoms with Crippen LogP contribution in [-0.2, 0) is 16.0 Å². The summed E-state index contributed by atoms with van der Waals surface area (Å²) >= 11 is 0. The third-order valence-electron chi connectivity index (χ3n) is 6.60. The summed E-state index contributed by atoms with van der Waals surface area (Å²) in [4.78, 5) is 13.2. The number of rotatable bonds is 11. The zero-order valence-corrected chi connectivity index (χ0v) is 20.3. The second-order valence-electron chi connectivity index (χ2n) is 9.28. The van der Waals surface area contributed by atoms with Gasteiger partial charge < -0.3 is 14.9 Å². The number of hydrogen-bond acceptors (Lipinski definition) is 4. The van der Waals surface area contributed by atoms with Gasteiger partial charge in [0, 0.05) is 12.6 Å². The highest BCUT2D eigenvalue weighted by Gasteiger charge is 2.27. The number of allylic oxidation sites excluding steroid dienone is 1. The summed E-state index contributed by atoms with van der Waals surface area (Å²) in [5.74, 6) is -1.03. The third kappa shape index (κ3) is 7.23. The third-order valence-corrected chi connectivity index (χ3v) is 6.60. The Morgan fingerprint density at radius 2 is 2.06 bits per heavy atom. The number of aryl methyl sites for hydroxylation is 1. The van der Waals surface area contributed by atoms with Gasteiger partial charge in [-0.3, -0.25) is 9.69 Å². The van der Waals surface area contributed by atoms with Gasteiger partial charge in [0.15, 0.2) is 0 Å². The summed E-state index contributed by atoms with van der Waals surface area (Å²) in [7, 11) is 0. The van der Waals surface area contributed by atoms with E-state index >= 15 is 0 Å². The molecule has 0 radical (unpaired) electrons. The van der Waals surface area contributed by atoms with Crippen molar-refractivity contribution in [2.75, 3.05) is 19.7 Å². The number of carboxylic acid groups (broad SMARTS) is 1. The number of benzene rings is 2. The highest BCUT2D eigenvalue weighted by Crippen LogP contribution is 2.27. The van der Waals surface area contributed by atoms with Crippen molar-refractivity contribution in [3.8, 4) is 0 Å². The smallest absolute Gasteiger partial charge is 0.307 e. The summed E-state index contributed by atoms with van der Waals surface area (Å²) < 4.78 is 20.0. The molecule has 2 aromatic rings. The lowest BCUT2D eigenvalue weighted by Gasteiger charge is -2.28. The van der Waals surface area contributed by atoms with Crippen LogP contribution in [-0.4, -0.2) is 52.9 Å². The molecule has 184 valence electrons. The van der Waals surface area contributed by atoms with E-state index < -0.39 is 12.1 Å². The Morgan fingerprint density at radius 3 is 2.79 bits per heavy atom. The van der Waals surface area contributed by atoms with Crippen molar-refractivity contribution in [1.82, 2.24) is 4.90 Å². The number of nitrogens with zero attached hydrogens (tertiary/aromatic N) is 1. The fourth-order valence-electron chi connectivity index (χ4n) is 4.63. The fourth-order valence-corrected chi connectivity index (χ4v) is 4.63. The highest BCUT2D eigenvalue weighted by molar-refractivity contribution is 5.74. The minimum Gasteiger partial charge on any atom is -0.481 e. The van der Waals surface area contributed by atoms with Crippen LogP contribution >= 0.6 is 0 Å². The van der Waals surface area contributed by atoms with Gasteiger partial charge in [0.25, 0.3) is 0 Å². The number of β-amino-alcohol motifs (C(OH)–C–C–N with tert-alkyl or cyclic N) is 1.